The summed E-state index contributed by atoms with van der Waals surface area (Å²) < 4.78 is 0. The summed E-state index contributed by atoms with van der Waals surface area (Å²) in [4.78, 5) is 47.7. The van der Waals surface area contributed by atoms with Crippen LogP contribution in [-0.4, -0.2) is 35.6 Å². The molecule has 0 unspecified atom stereocenters. The van der Waals surface area contributed by atoms with Crippen LogP contribution in [0.2, 0.25) is 0 Å². The lowest BCUT2D eigenvalue weighted by Gasteiger charge is -2.29. The van der Waals surface area contributed by atoms with Crippen LogP contribution in [0.15, 0.2) is 30.3 Å². The SMILES string of the molecule is CC(=O)N[C@H](Cc1ccccc1)C(=O)N[C@H](C(N)=O)[C@H]1CCCC(=O)C1. The fourth-order valence-corrected chi connectivity index (χ4v) is 3.32. The van der Waals surface area contributed by atoms with Crippen molar-refractivity contribution in [2.75, 3.05) is 0 Å². The third-order valence-corrected chi connectivity index (χ3v) is 4.57. The van der Waals surface area contributed by atoms with Crippen molar-refractivity contribution >= 4 is 23.5 Å². The predicted molar refractivity (Wildman–Crippen MR) is 95.8 cm³/mol. The Bertz CT molecular complexity index is 675. The highest BCUT2D eigenvalue weighted by molar-refractivity contribution is 5.92. The molecule has 26 heavy (non-hydrogen) atoms. The van der Waals surface area contributed by atoms with E-state index in [-0.39, 0.29) is 24.0 Å². The minimum absolute atomic E-state index is 0.0736. The van der Waals surface area contributed by atoms with Crippen molar-refractivity contribution in [3.05, 3.63) is 35.9 Å². The summed E-state index contributed by atoms with van der Waals surface area (Å²) in [7, 11) is 0. The van der Waals surface area contributed by atoms with E-state index in [4.69, 9.17) is 5.73 Å². The molecule has 1 saturated carbocycles. The predicted octanol–water partition coefficient (Wildman–Crippen LogP) is 0.463. The number of hydrogen-bond donors (Lipinski definition) is 3. The number of nitrogens with one attached hydrogen (secondary N) is 2. The average molecular weight is 359 g/mol. The normalized spacial score (nSPS) is 19.3. The zero-order valence-electron chi connectivity index (χ0n) is 14.9. The van der Waals surface area contributed by atoms with E-state index in [9.17, 15) is 19.2 Å². The van der Waals surface area contributed by atoms with Crippen LogP contribution < -0.4 is 16.4 Å². The fraction of sp³-hybridized carbons (Fsp3) is 0.474. The molecule has 0 aromatic heterocycles. The minimum Gasteiger partial charge on any atom is -0.368 e. The molecule has 0 heterocycles. The van der Waals surface area contributed by atoms with Gasteiger partial charge >= 0.3 is 0 Å². The molecule has 0 radical (unpaired) electrons. The topological polar surface area (TPSA) is 118 Å². The van der Waals surface area contributed by atoms with Gasteiger partial charge in [0.25, 0.3) is 0 Å². The van der Waals surface area contributed by atoms with Gasteiger partial charge in [0.05, 0.1) is 0 Å². The molecular formula is C19H25N3O4. The largest absolute Gasteiger partial charge is 0.368 e. The van der Waals surface area contributed by atoms with E-state index < -0.39 is 23.9 Å². The molecule has 3 atom stereocenters. The summed E-state index contributed by atoms with van der Waals surface area (Å²) >= 11 is 0. The summed E-state index contributed by atoms with van der Waals surface area (Å²) in [5.41, 5.74) is 6.34. The van der Waals surface area contributed by atoms with Crippen molar-refractivity contribution in [1.29, 1.82) is 0 Å². The monoisotopic (exact) mass is 359 g/mol. The molecule has 1 aromatic carbocycles. The molecule has 0 saturated heterocycles. The fourth-order valence-electron chi connectivity index (χ4n) is 3.32. The third-order valence-electron chi connectivity index (χ3n) is 4.57. The highest BCUT2D eigenvalue weighted by atomic mass is 16.2. The Morgan fingerprint density at radius 2 is 1.88 bits per heavy atom. The Balaban J connectivity index is 2.10. The molecule has 0 aliphatic heterocycles. The number of hydrogen-bond acceptors (Lipinski definition) is 4. The summed E-state index contributed by atoms with van der Waals surface area (Å²) in [6.07, 6.45) is 2.36. The Morgan fingerprint density at radius 1 is 1.19 bits per heavy atom. The van der Waals surface area contributed by atoms with E-state index in [2.05, 4.69) is 10.6 Å². The summed E-state index contributed by atoms with van der Waals surface area (Å²) in [5, 5.41) is 5.27. The molecular weight excluding hydrogens is 334 g/mol. The van der Waals surface area contributed by atoms with Crippen LogP contribution in [0.5, 0.6) is 0 Å². The number of nitrogens with two attached hydrogens (primary N) is 1. The van der Waals surface area contributed by atoms with Gasteiger partial charge in [-0.05, 0) is 24.3 Å². The molecule has 7 nitrogen and oxygen atoms in total. The van der Waals surface area contributed by atoms with E-state index in [1.807, 2.05) is 30.3 Å². The number of rotatable bonds is 7. The summed E-state index contributed by atoms with van der Waals surface area (Å²) in [6.45, 7) is 1.33. The van der Waals surface area contributed by atoms with E-state index in [1.165, 1.54) is 6.92 Å². The van der Waals surface area contributed by atoms with E-state index in [0.29, 0.717) is 25.7 Å². The molecule has 2 rings (SSSR count). The molecule has 0 bridgehead atoms. The van der Waals surface area contributed by atoms with Gasteiger partial charge < -0.3 is 16.4 Å². The highest BCUT2D eigenvalue weighted by Gasteiger charge is 2.33. The first-order valence-electron chi connectivity index (χ1n) is 8.79. The maximum atomic E-state index is 12.7. The second-order valence-electron chi connectivity index (χ2n) is 6.73. The van der Waals surface area contributed by atoms with Gasteiger partial charge in [-0.25, -0.2) is 0 Å². The lowest BCUT2D eigenvalue weighted by Crippen LogP contribution is -2.56. The molecule has 1 fully saturated rings. The summed E-state index contributed by atoms with van der Waals surface area (Å²) in [5.74, 6) is -1.72. The van der Waals surface area contributed by atoms with Crippen molar-refractivity contribution in [3.8, 4) is 0 Å². The molecule has 4 N–H and O–H groups in total. The smallest absolute Gasteiger partial charge is 0.243 e. The minimum atomic E-state index is -0.918. The first-order valence-corrected chi connectivity index (χ1v) is 8.79. The second kappa shape index (κ2) is 9.12. The van der Waals surface area contributed by atoms with Crippen LogP contribution in [0.1, 0.15) is 38.2 Å². The van der Waals surface area contributed by atoms with Gasteiger partial charge in [0.1, 0.15) is 17.9 Å². The molecule has 7 heteroatoms. The van der Waals surface area contributed by atoms with Crippen LogP contribution in [0.3, 0.4) is 0 Å². The molecule has 1 aliphatic rings. The van der Waals surface area contributed by atoms with Crippen molar-refractivity contribution in [3.63, 3.8) is 0 Å². The molecule has 0 spiro atoms. The standard InChI is InChI=1S/C19H25N3O4/c1-12(23)21-16(10-13-6-3-2-4-7-13)19(26)22-17(18(20)25)14-8-5-9-15(24)11-14/h2-4,6-7,14,16-17H,5,8-11H2,1H3,(H2,20,25)(H,21,23)(H,22,26)/t14-,16+,17-/m0/s1. The van der Waals surface area contributed by atoms with Gasteiger partial charge in [-0.3, -0.25) is 19.2 Å². The maximum Gasteiger partial charge on any atom is 0.243 e. The van der Waals surface area contributed by atoms with Crippen LogP contribution in [0, 0.1) is 5.92 Å². The van der Waals surface area contributed by atoms with Crippen LogP contribution in [0.25, 0.3) is 0 Å². The maximum absolute atomic E-state index is 12.7. The van der Waals surface area contributed by atoms with Gasteiger partial charge in [0.15, 0.2) is 0 Å². The van der Waals surface area contributed by atoms with Crippen molar-refractivity contribution in [2.24, 2.45) is 11.7 Å². The molecule has 3 amide bonds. The molecule has 1 aliphatic carbocycles. The number of Topliss-reactive ketones (excluding diaryl/α,β-unsaturated/α-hetero) is 1. The Kier molecular flexibility index (Phi) is 6.89. The van der Waals surface area contributed by atoms with Gasteiger partial charge in [0, 0.05) is 26.2 Å². The number of benzene rings is 1. The molecule has 140 valence electrons. The first kappa shape index (κ1) is 19.6. The number of primary amides is 1. The van der Waals surface area contributed by atoms with E-state index in [1.54, 1.807) is 0 Å². The lowest BCUT2D eigenvalue weighted by atomic mass is 9.82. The van der Waals surface area contributed by atoms with E-state index in [0.717, 1.165) is 5.56 Å². The van der Waals surface area contributed by atoms with Crippen LogP contribution in [-0.2, 0) is 25.6 Å². The lowest BCUT2D eigenvalue weighted by molar-refractivity contribution is -0.132. The third kappa shape index (κ3) is 5.68. The zero-order valence-corrected chi connectivity index (χ0v) is 14.9. The van der Waals surface area contributed by atoms with Crippen LogP contribution >= 0.6 is 0 Å². The summed E-state index contributed by atoms with van der Waals surface area (Å²) in [6, 6.07) is 7.52. The number of ketones is 1. The highest BCUT2D eigenvalue weighted by Crippen LogP contribution is 2.24. The van der Waals surface area contributed by atoms with Crippen molar-refractivity contribution < 1.29 is 19.2 Å². The zero-order chi connectivity index (χ0) is 19.1. The Morgan fingerprint density at radius 3 is 2.46 bits per heavy atom. The number of carbonyl (C=O) groups excluding carboxylic acids is 4. The Labute approximate surface area is 152 Å². The average Bonchev–Trinajstić information content (AvgIpc) is 2.59. The van der Waals surface area contributed by atoms with Crippen LogP contribution in [0.4, 0.5) is 0 Å². The number of amides is 3. The van der Waals surface area contributed by atoms with Crippen molar-refractivity contribution in [2.45, 2.75) is 51.1 Å². The first-order chi connectivity index (χ1) is 12.4. The second-order valence-corrected chi connectivity index (χ2v) is 6.73. The van der Waals surface area contributed by atoms with Gasteiger partial charge in [-0.2, -0.15) is 0 Å². The van der Waals surface area contributed by atoms with Gasteiger partial charge in [0.2, 0.25) is 17.7 Å². The van der Waals surface area contributed by atoms with Crippen molar-refractivity contribution in [1.82, 2.24) is 10.6 Å². The van der Waals surface area contributed by atoms with Gasteiger partial charge in [-0.15, -0.1) is 0 Å². The quantitative estimate of drug-likeness (QED) is 0.655. The Hall–Kier alpha value is -2.70. The molecule has 1 aromatic rings. The number of carbonyl (C=O) groups is 4. The van der Waals surface area contributed by atoms with E-state index >= 15 is 0 Å². The van der Waals surface area contributed by atoms with Gasteiger partial charge in [-0.1, -0.05) is 30.3 Å².